The molecule has 0 aliphatic carbocycles. The molecule has 1 amide bonds. The van der Waals surface area contributed by atoms with Gasteiger partial charge in [-0.15, -0.1) is 0 Å². The van der Waals surface area contributed by atoms with Gasteiger partial charge in [-0.1, -0.05) is 35.0 Å². The highest BCUT2D eigenvalue weighted by Crippen LogP contribution is 2.32. The Kier molecular flexibility index (Phi) is 3.80. The maximum absolute atomic E-state index is 14.0. The molecule has 0 radical (unpaired) electrons. The van der Waals surface area contributed by atoms with Crippen molar-refractivity contribution < 1.29 is 13.7 Å². The molecule has 2 aromatic carbocycles. The minimum Gasteiger partial charge on any atom is -0.334 e. The fraction of sp³-hybridized carbons (Fsp3) is 0.211. The monoisotopic (exact) mass is 337 g/mol. The van der Waals surface area contributed by atoms with Crippen LogP contribution in [-0.2, 0) is 4.79 Å². The van der Waals surface area contributed by atoms with Crippen LogP contribution in [0.3, 0.4) is 0 Å². The molecular weight excluding hydrogens is 321 g/mol. The summed E-state index contributed by atoms with van der Waals surface area (Å²) < 4.78 is 19.3. The lowest BCUT2D eigenvalue weighted by molar-refractivity contribution is -0.117. The summed E-state index contributed by atoms with van der Waals surface area (Å²) in [7, 11) is 0. The minimum atomic E-state index is -0.412. The summed E-state index contributed by atoms with van der Waals surface area (Å²) in [6.07, 6.45) is 0.237. The van der Waals surface area contributed by atoms with Crippen LogP contribution in [0.15, 0.2) is 53.1 Å². The van der Waals surface area contributed by atoms with Gasteiger partial charge in [-0.3, -0.25) is 4.79 Å². The normalized spacial score (nSPS) is 17.3. The second kappa shape index (κ2) is 6.12. The third kappa shape index (κ3) is 2.91. The van der Waals surface area contributed by atoms with Gasteiger partial charge in [-0.05, 0) is 31.2 Å². The second-order valence-electron chi connectivity index (χ2n) is 6.18. The molecule has 3 aromatic rings. The van der Waals surface area contributed by atoms with Crippen LogP contribution >= 0.6 is 0 Å². The van der Waals surface area contributed by atoms with E-state index in [4.69, 9.17) is 4.52 Å². The molecular formula is C19H16FN3O2. The summed E-state index contributed by atoms with van der Waals surface area (Å²) in [4.78, 5) is 18.2. The van der Waals surface area contributed by atoms with Crippen LogP contribution in [0.1, 0.15) is 23.7 Å². The van der Waals surface area contributed by atoms with Gasteiger partial charge in [0.05, 0.1) is 5.69 Å². The van der Waals surface area contributed by atoms with Crippen LogP contribution in [0.5, 0.6) is 0 Å². The van der Waals surface area contributed by atoms with Crippen LogP contribution in [0.4, 0.5) is 10.1 Å². The number of rotatable bonds is 3. The first-order valence-corrected chi connectivity index (χ1v) is 8.07. The van der Waals surface area contributed by atoms with E-state index in [9.17, 15) is 9.18 Å². The lowest BCUT2D eigenvalue weighted by atomic mass is 10.1. The van der Waals surface area contributed by atoms with Crippen molar-refractivity contribution in [3.05, 3.63) is 65.7 Å². The number of amides is 1. The molecule has 6 heteroatoms. The molecule has 0 spiro atoms. The first kappa shape index (κ1) is 15.5. The Labute approximate surface area is 144 Å². The van der Waals surface area contributed by atoms with Crippen molar-refractivity contribution in [3.63, 3.8) is 0 Å². The lowest BCUT2D eigenvalue weighted by Crippen LogP contribution is -2.25. The lowest BCUT2D eigenvalue weighted by Gasteiger charge is -2.16. The third-order valence-corrected chi connectivity index (χ3v) is 4.37. The molecule has 1 atom stereocenters. The molecule has 0 saturated carbocycles. The van der Waals surface area contributed by atoms with E-state index in [1.807, 2.05) is 31.2 Å². The van der Waals surface area contributed by atoms with Crippen molar-refractivity contribution >= 4 is 11.6 Å². The second-order valence-corrected chi connectivity index (χ2v) is 6.18. The van der Waals surface area contributed by atoms with Crippen molar-refractivity contribution in [1.82, 2.24) is 10.1 Å². The van der Waals surface area contributed by atoms with E-state index < -0.39 is 5.82 Å². The Morgan fingerprint density at radius 3 is 2.68 bits per heavy atom. The number of aryl methyl sites for hydroxylation is 1. The molecule has 1 aromatic heterocycles. The van der Waals surface area contributed by atoms with Gasteiger partial charge in [0.2, 0.25) is 5.91 Å². The zero-order chi connectivity index (χ0) is 17.4. The Morgan fingerprint density at radius 2 is 1.92 bits per heavy atom. The Bertz CT molecular complexity index is 920. The summed E-state index contributed by atoms with van der Waals surface area (Å²) in [6.45, 7) is 2.34. The average molecular weight is 337 g/mol. The smallest absolute Gasteiger partial charge is 0.257 e. The van der Waals surface area contributed by atoms with E-state index in [0.717, 1.165) is 11.1 Å². The Hall–Kier alpha value is -3.02. The molecule has 0 N–H and O–H groups in total. The molecule has 5 nitrogen and oxygen atoms in total. The predicted octanol–water partition coefficient (Wildman–Crippen LogP) is 3.70. The highest BCUT2D eigenvalue weighted by Gasteiger charge is 2.35. The average Bonchev–Trinajstić information content (AvgIpc) is 3.23. The number of hydrogen-bond donors (Lipinski definition) is 0. The molecule has 4 rings (SSSR count). The van der Waals surface area contributed by atoms with E-state index in [-0.39, 0.29) is 23.9 Å². The summed E-state index contributed by atoms with van der Waals surface area (Å²) >= 11 is 0. The van der Waals surface area contributed by atoms with Crippen molar-refractivity contribution in [3.8, 4) is 11.5 Å². The van der Waals surface area contributed by atoms with Gasteiger partial charge < -0.3 is 9.42 Å². The quantitative estimate of drug-likeness (QED) is 0.731. The summed E-state index contributed by atoms with van der Waals surface area (Å²) in [6, 6.07) is 14.0. The highest BCUT2D eigenvalue weighted by molar-refractivity contribution is 5.96. The number of halogens is 1. The van der Waals surface area contributed by atoms with Crippen LogP contribution in [0.2, 0.25) is 0 Å². The number of benzene rings is 2. The largest absolute Gasteiger partial charge is 0.334 e. The van der Waals surface area contributed by atoms with Crippen LogP contribution in [0, 0.1) is 12.7 Å². The Morgan fingerprint density at radius 1 is 1.16 bits per heavy atom. The maximum Gasteiger partial charge on any atom is 0.257 e. The van der Waals surface area contributed by atoms with E-state index in [1.165, 1.54) is 11.0 Å². The summed E-state index contributed by atoms with van der Waals surface area (Å²) in [5, 5.41) is 4.02. The van der Waals surface area contributed by atoms with Crippen LogP contribution < -0.4 is 4.90 Å². The number of anilines is 1. The predicted molar refractivity (Wildman–Crippen MR) is 90.6 cm³/mol. The molecule has 1 aliphatic rings. The van der Waals surface area contributed by atoms with Gasteiger partial charge in [0.25, 0.3) is 5.89 Å². The molecule has 0 bridgehead atoms. The number of carbonyl (C=O) groups is 1. The van der Waals surface area contributed by atoms with Gasteiger partial charge in [0.15, 0.2) is 5.82 Å². The number of hydrogen-bond acceptors (Lipinski definition) is 4. The summed E-state index contributed by atoms with van der Waals surface area (Å²) in [5.41, 5.74) is 2.27. The van der Waals surface area contributed by atoms with E-state index in [0.29, 0.717) is 18.3 Å². The van der Waals surface area contributed by atoms with E-state index in [1.54, 1.807) is 18.2 Å². The number of nitrogens with zero attached hydrogens (tertiary/aromatic N) is 3. The zero-order valence-corrected chi connectivity index (χ0v) is 13.6. The van der Waals surface area contributed by atoms with Gasteiger partial charge >= 0.3 is 0 Å². The van der Waals surface area contributed by atoms with Gasteiger partial charge in [-0.25, -0.2) is 4.39 Å². The van der Waals surface area contributed by atoms with E-state index >= 15 is 0 Å². The number of para-hydroxylation sites is 1. The van der Waals surface area contributed by atoms with Gasteiger partial charge in [0, 0.05) is 24.4 Å². The van der Waals surface area contributed by atoms with Crippen molar-refractivity contribution in [2.24, 2.45) is 0 Å². The van der Waals surface area contributed by atoms with Gasteiger partial charge in [0.1, 0.15) is 5.82 Å². The standard InChI is InChI=1S/C19H16FN3O2/c1-12-6-8-13(9-7-12)19-21-18(22-25-19)14-10-17(24)23(11-14)16-5-3-2-4-15(16)20/h2-9,14H,10-11H2,1H3. The third-order valence-electron chi connectivity index (χ3n) is 4.37. The molecule has 2 heterocycles. The first-order chi connectivity index (χ1) is 12.1. The number of aromatic nitrogens is 2. The zero-order valence-electron chi connectivity index (χ0n) is 13.6. The first-order valence-electron chi connectivity index (χ1n) is 8.07. The molecule has 1 saturated heterocycles. The molecule has 126 valence electrons. The maximum atomic E-state index is 14.0. The van der Waals surface area contributed by atoms with Crippen molar-refractivity contribution in [2.45, 2.75) is 19.3 Å². The van der Waals surface area contributed by atoms with E-state index in [2.05, 4.69) is 10.1 Å². The van der Waals surface area contributed by atoms with Crippen LogP contribution in [0.25, 0.3) is 11.5 Å². The highest BCUT2D eigenvalue weighted by atomic mass is 19.1. The SMILES string of the molecule is Cc1ccc(-c2nc(C3CC(=O)N(c4ccccc4F)C3)no2)cc1. The topological polar surface area (TPSA) is 59.2 Å². The fourth-order valence-corrected chi connectivity index (χ4v) is 3.00. The molecule has 1 unspecified atom stereocenters. The van der Waals surface area contributed by atoms with Crippen molar-refractivity contribution in [2.75, 3.05) is 11.4 Å². The molecule has 1 fully saturated rings. The minimum absolute atomic E-state index is 0.142. The molecule has 25 heavy (non-hydrogen) atoms. The fourth-order valence-electron chi connectivity index (χ4n) is 3.00. The summed E-state index contributed by atoms with van der Waals surface area (Å²) in [5.74, 6) is 0.131. The van der Waals surface area contributed by atoms with Crippen molar-refractivity contribution in [1.29, 1.82) is 0 Å². The number of carbonyl (C=O) groups excluding carboxylic acids is 1. The molecule has 1 aliphatic heterocycles. The Balaban J connectivity index is 1.57. The van der Waals surface area contributed by atoms with Crippen LogP contribution in [-0.4, -0.2) is 22.6 Å². The van der Waals surface area contributed by atoms with Gasteiger partial charge in [-0.2, -0.15) is 4.98 Å².